The number of ether oxygens (including phenoxy) is 1. The van der Waals surface area contributed by atoms with Crippen LogP contribution in [0.4, 0.5) is 0 Å². The molecule has 0 amide bonds. The summed E-state index contributed by atoms with van der Waals surface area (Å²) in [7, 11) is 1.40. The van der Waals surface area contributed by atoms with E-state index in [1.807, 2.05) is 12.2 Å². The highest BCUT2D eigenvalue weighted by Gasteiger charge is 1.97. The standard InChI is InChI=1S/C15H20O2/c1-12(2)11-14-9-7-13(8-10-14)5-4-6-15(16)17-3/h4-5,7-10,12H,6,11H2,1-3H3. The molecule has 92 valence electrons. The van der Waals surface area contributed by atoms with Crippen LogP contribution in [0, 0.1) is 5.92 Å². The van der Waals surface area contributed by atoms with Crippen molar-refractivity contribution in [3.05, 3.63) is 41.5 Å². The number of esters is 1. The molecule has 0 saturated heterocycles. The second kappa shape index (κ2) is 6.89. The van der Waals surface area contributed by atoms with Gasteiger partial charge in [0.1, 0.15) is 0 Å². The number of hydrogen-bond acceptors (Lipinski definition) is 2. The Hall–Kier alpha value is -1.57. The number of carbonyl (C=O) groups excluding carboxylic acids is 1. The van der Waals surface area contributed by atoms with Crippen LogP contribution in [-0.2, 0) is 16.0 Å². The van der Waals surface area contributed by atoms with Crippen molar-refractivity contribution in [3.8, 4) is 0 Å². The van der Waals surface area contributed by atoms with Gasteiger partial charge in [-0.2, -0.15) is 0 Å². The van der Waals surface area contributed by atoms with Gasteiger partial charge >= 0.3 is 5.97 Å². The molecule has 0 unspecified atom stereocenters. The van der Waals surface area contributed by atoms with Gasteiger partial charge in [-0.25, -0.2) is 0 Å². The molecule has 0 atom stereocenters. The average molecular weight is 232 g/mol. The molecule has 0 aliphatic rings. The Bertz CT molecular complexity index is 374. The van der Waals surface area contributed by atoms with Crippen LogP contribution in [0.15, 0.2) is 30.3 Å². The third-order valence-corrected chi connectivity index (χ3v) is 2.45. The van der Waals surface area contributed by atoms with Crippen LogP contribution in [0.1, 0.15) is 31.4 Å². The van der Waals surface area contributed by atoms with Gasteiger partial charge in [0.2, 0.25) is 0 Å². The third kappa shape index (κ3) is 5.34. The van der Waals surface area contributed by atoms with Gasteiger partial charge in [-0.3, -0.25) is 4.79 Å². The molecule has 17 heavy (non-hydrogen) atoms. The quantitative estimate of drug-likeness (QED) is 0.727. The van der Waals surface area contributed by atoms with E-state index in [2.05, 4.69) is 42.8 Å². The predicted molar refractivity (Wildman–Crippen MR) is 70.7 cm³/mol. The number of carbonyl (C=O) groups is 1. The Morgan fingerprint density at radius 2 is 1.94 bits per heavy atom. The molecular formula is C15H20O2. The van der Waals surface area contributed by atoms with Gasteiger partial charge in [0, 0.05) is 0 Å². The summed E-state index contributed by atoms with van der Waals surface area (Å²) in [4.78, 5) is 10.9. The molecule has 0 aliphatic carbocycles. The van der Waals surface area contributed by atoms with E-state index in [4.69, 9.17) is 0 Å². The molecule has 0 heterocycles. The predicted octanol–water partition coefficient (Wildman–Crippen LogP) is 3.46. The molecular weight excluding hydrogens is 212 g/mol. The second-order valence-electron chi connectivity index (χ2n) is 4.52. The van der Waals surface area contributed by atoms with Crippen molar-refractivity contribution in [2.45, 2.75) is 26.7 Å². The van der Waals surface area contributed by atoms with E-state index in [0.717, 1.165) is 12.0 Å². The highest BCUT2D eigenvalue weighted by atomic mass is 16.5. The first-order valence-corrected chi connectivity index (χ1v) is 5.94. The zero-order chi connectivity index (χ0) is 12.7. The maximum atomic E-state index is 10.9. The molecule has 1 rings (SSSR count). The molecule has 0 saturated carbocycles. The van der Waals surface area contributed by atoms with Crippen molar-refractivity contribution in [2.75, 3.05) is 7.11 Å². The lowest BCUT2D eigenvalue weighted by Gasteiger charge is -2.04. The Morgan fingerprint density at radius 1 is 1.29 bits per heavy atom. The summed E-state index contributed by atoms with van der Waals surface area (Å²) in [5.74, 6) is 0.466. The van der Waals surface area contributed by atoms with E-state index >= 15 is 0 Å². The second-order valence-corrected chi connectivity index (χ2v) is 4.52. The summed E-state index contributed by atoms with van der Waals surface area (Å²) in [5.41, 5.74) is 2.46. The van der Waals surface area contributed by atoms with Crippen LogP contribution in [0.5, 0.6) is 0 Å². The Kier molecular flexibility index (Phi) is 5.47. The fraction of sp³-hybridized carbons (Fsp3) is 0.400. The molecule has 0 radical (unpaired) electrons. The molecule has 0 spiro atoms. The van der Waals surface area contributed by atoms with Gasteiger partial charge in [-0.05, 0) is 23.5 Å². The van der Waals surface area contributed by atoms with E-state index in [-0.39, 0.29) is 5.97 Å². The van der Waals surface area contributed by atoms with E-state index in [9.17, 15) is 4.79 Å². The lowest BCUT2D eigenvalue weighted by atomic mass is 10.0. The maximum absolute atomic E-state index is 10.9. The zero-order valence-electron chi connectivity index (χ0n) is 10.8. The van der Waals surface area contributed by atoms with Crippen LogP contribution < -0.4 is 0 Å². The Balaban J connectivity index is 2.53. The van der Waals surface area contributed by atoms with Gasteiger partial charge in [0.15, 0.2) is 0 Å². The highest BCUT2D eigenvalue weighted by Crippen LogP contribution is 2.11. The fourth-order valence-electron chi connectivity index (χ4n) is 1.61. The zero-order valence-corrected chi connectivity index (χ0v) is 10.8. The molecule has 1 aromatic carbocycles. The number of hydrogen-bond donors (Lipinski definition) is 0. The highest BCUT2D eigenvalue weighted by molar-refractivity contribution is 5.72. The van der Waals surface area contributed by atoms with Crippen molar-refractivity contribution < 1.29 is 9.53 Å². The van der Waals surface area contributed by atoms with Crippen molar-refractivity contribution >= 4 is 12.0 Å². The lowest BCUT2D eigenvalue weighted by Crippen LogP contribution is -1.96. The number of methoxy groups -OCH3 is 1. The molecule has 0 bridgehead atoms. The first-order valence-electron chi connectivity index (χ1n) is 5.94. The molecule has 0 N–H and O–H groups in total. The van der Waals surface area contributed by atoms with Crippen LogP contribution in [-0.4, -0.2) is 13.1 Å². The van der Waals surface area contributed by atoms with E-state index in [1.165, 1.54) is 12.7 Å². The van der Waals surface area contributed by atoms with Gasteiger partial charge in [-0.1, -0.05) is 50.3 Å². The first kappa shape index (κ1) is 13.5. The normalized spacial score (nSPS) is 11.1. The number of benzene rings is 1. The van der Waals surface area contributed by atoms with Gasteiger partial charge in [0.25, 0.3) is 0 Å². The van der Waals surface area contributed by atoms with Crippen molar-refractivity contribution in [1.29, 1.82) is 0 Å². The van der Waals surface area contributed by atoms with Crippen molar-refractivity contribution in [1.82, 2.24) is 0 Å². The number of rotatable bonds is 5. The van der Waals surface area contributed by atoms with Crippen LogP contribution in [0.3, 0.4) is 0 Å². The van der Waals surface area contributed by atoms with Crippen molar-refractivity contribution in [3.63, 3.8) is 0 Å². The molecule has 0 aromatic heterocycles. The maximum Gasteiger partial charge on any atom is 0.309 e. The molecule has 1 aromatic rings. The van der Waals surface area contributed by atoms with Gasteiger partial charge < -0.3 is 4.74 Å². The summed E-state index contributed by atoms with van der Waals surface area (Å²) < 4.78 is 4.56. The molecule has 0 fully saturated rings. The minimum Gasteiger partial charge on any atom is -0.469 e. The van der Waals surface area contributed by atoms with Crippen LogP contribution >= 0.6 is 0 Å². The van der Waals surface area contributed by atoms with E-state index in [1.54, 1.807) is 0 Å². The summed E-state index contributed by atoms with van der Waals surface area (Å²) in [5, 5.41) is 0. The Labute approximate surface area is 103 Å². The smallest absolute Gasteiger partial charge is 0.309 e. The minimum absolute atomic E-state index is 0.210. The van der Waals surface area contributed by atoms with Crippen molar-refractivity contribution in [2.24, 2.45) is 5.92 Å². The third-order valence-electron chi connectivity index (χ3n) is 2.45. The van der Waals surface area contributed by atoms with Crippen LogP contribution in [0.2, 0.25) is 0 Å². The van der Waals surface area contributed by atoms with E-state index < -0.39 is 0 Å². The average Bonchev–Trinajstić information content (AvgIpc) is 2.30. The summed E-state index contributed by atoms with van der Waals surface area (Å²) in [6.07, 6.45) is 5.19. The lowest BCUT2D eigenvalue weighted by molar-refractivity contribution is -0.139. The largest absolute Gasteiger partial charge is 0.469 e. The molecule has 2 nitrogen and oxygen atoms in total. The molecule has 2 heteroatoms. The fourth-order valence-corrected chi connectivity index (χ4v) is 1.61. The summed E-state index contributed by atoms with van der Waals surface area (Å²) >= 11 is 0. The first-order chi connectivity index (χ1) is 8.11. The van der Waals surface area contributed by atoms with Gasteiger partial charge in [-0.15, -0.1) is 0 Å². The van der Waals surface area contributed by atoms with E-state index in [0.29, 0.717) is 12.3 Å². The Morgan fingerprint density at radius 3 is 2.47 bits per heavy atom. The molecule has 0 aliphatic heterocycles. The topological polar surface area (TPSA) is 26.3 Å². The van der Waals surface area contributed by atoms with Gasteiger partial charge in [0.05, 0.1) is 13.5 Å². The summed E-state index contributed by atoms with van der Waals surface area (Å²) in [6.45, 7) is 4.42. The minimum atomic E-state index is -0.210. The van der Waals surface area contributed by atoms with Crippen LogP contribution in [0.25, 0.3) is 6.08 Å². The SMILES string of the molecule is COC(=O)CC=Cc1ccc(CC(C)C)cc1. The monoisotopic (exact) mass is 232 g/mol. The summed E-state index contributed by atoms with van der Waals surface area (Å²) in [6, 6.07) is 8.42.